The van der Waals surface area contributed by atoms with E-state index in [9.17, 15) is 4.79 Å². The molecule has 0 saturated heterocycles. The topological polar surface area (TPSA) is 38.3 Å². The Morgan fingerprint density at radius 2 is 2.38 bits per heavy atom. The van der Waals surface area contributed by atoms with Gasteiger partial charge in [0.1, 0.15) is 0 Å². The van der Waals surface area contributed by atoms with Crippen molar-refractivity contribution >= 4 is 6.09 Å². The number of hydrogen-bond acceptors (Lipinski definition) is 2. The molecular formula is C4H10NNaO2. The van der Waals surface area contributed by atoms with Crippen molar-refractivity contribution in [3.05, 3.63) is 0 Å². The summed E-state index contributed by atoms with van der Waals surface area (Å²) in [6.45, 7) is 2.19. The molecule has 3 nitrogen and oxygen atoms in total. The van der Waals surface area contributed by atoms with Gasteiger partial charge in [-0.1, -0.05) is 0 Å². The Kier molecular flexibility index (Phi) is 10.1. The Hall–Kier alpha value is 0.270. The number of alkyl carbamates (subject to hydrolysis) is 1. The monoisotopic (exact) mass is 127 g/mol. The molecule has 0 saturated carbocycles. The molecule has 0 bridgehead atoms. The van der Waals surface area contributed by atoms with Crippen LogP contribution in [0.25, 0.3) is 0 Å². The van der Waals surface area contributed by atoms with E-state index in [-0.39, 0.29) is 37.1 Å². The number of amides is 1. The van der Waals surface area contributed by atoms with Crippen molar-refractivity contribution in [2.45, 2.75) is 6.92 Å². The summed E-state index contributed by atoms with van der Waals surface area (Å²) < 4.78 is 4.44. The summed E-state index contributed by atoms with van der Waals surface area (Å²) in [5.41, 5.74) is 0. The number of ether oxygens (including phenoxy) is 1. The predicted molar refractivity (Wildman–Crippen MR) is 27.2 cm³/mol. The number of nitrogens with one attached hydrogen (secondary N) is 1. The Bertz CT molecular complexity index is 71.6. The third-order valence-corrected chi connectivity index (χ3v) is 0.480. The molecule has 0 aromatic heterocycles. The van der Waals surface area contributed by atoms with Crippen molar-refractivity contribution in [2.24, 2.45) is 0 Å². The molecule has 0 aliphatic carbocycles. The van der Waals surface area contributed by atoms with Crippen molar-refractivity contribution in [1.82, 2.24) is 5.32 Å². The average Bonchev–Trinajstić information content (AvgIpc) is 1.68. The van der Waals surface area contributed by atoms with E-state index >= 15 is 0 Å². The zero-order chi connectivity index (χ0) is 5.70. The van der Waals surface area contributed by atoms with Gasteiger partial charge in [0.15, 0.2) is 0 Å². The summed E-state index contributed by atoms with van der Waals surface area (Å²) in [6, 6.07) is 0. The predicted octanol–water partition coefficient (Wildman–Crippen LogP) is -2.52. The maximum absolute atomic E-state index is 10.1. The molecule has 0 fully saturated rings. The summed E-state index contributed by atoms with van der Waals surface area (Å²) >= 11 is 0. The summed E-state index contributed by atoms with van der Waals surface area (Å²) in [5, 5.41) is 2.30. The fraction of sp³-hybridized carbons (Fsp3) is 0.750. The van der Waals surface area contributed by atoms with E-state index in [1.165, 1.54) is 7.05 Å². The molecule has 0 heterocycles. The van der Waals surface area contributed by atoms with Crippen molar-refractivity contribution in [3.8, 4) is 0 Å². The molecule has 0 aliphatic rings. The van der Waals surface area contributed by atoms with Crippen molar-refractivity contribution < 1.29 is 40.5 Å². The molecule has 1 amide bonds. The fourth-order valence-corrected chi connectivity index (χ4v) is 0.203. The summed E-state index contributed by atoms with van der Waals surface area (Å²) in [4.78, 5) is 10.1. The second-order valence-electron chi connectivity index (χ2n) is 0.970. The van der Waals surface area contributed by atoms with Gasteiger partial charge in [-0.3, -0.25) is 0 Å². The molecule has 44 valence electrons. The van der Waals surface area contributed by atoms with Gasteiger partial charge >= 0.3 is 35.7 Å². The van der Waals surface area contributed by atoms with Crippen LogP contribution in [0.3, 0.4) is 0 Å². The van der Waals surface area contributed by atoms with Gasteiger partial charge in [0.2, 0.25) is 0 Å². The Balaban J connectivity index is -0.000000180. The van der Waals surface area contributed by atoms with Crippen LogP contribution in [-0.4, -0.2) is 19.7 Å². The van der Waals surface area contributed by atoms with Crippen LogP contribution in [0.5, 0.6) is 0 Å². The van der Waals surface area contributed by atoms with E-state index in [2.05, 4.69) is 10.1 Å². The van der Waals surface area contributed by atoms with Gasteiger partial charge in [-0.2, -0.15) is 0 Å². The zero-order valence-electron chi connectivity index (χ0n) is 6.52. The summed E-state index contributed by atoms with van der Waals surface area (Å²) in [6.07, 6.45) is -0.373. The molecule has 1 N–H and O–H groups in total. The number of carbonyl (C=O) groups excluding carboxylic acids is 1. The summed E-state index contributed by atoms with van der Waals surface area (Å²) in [5.74, 6) is 0. The van der Waals surface area contributed by atoms with Crippen molar-refractivity contribution in [3.63, 3.8) is 0 Å². The van der Waals surface area contributed by atoms with Gasteiger partial charge in [-0.25, -0.2) is 4.79 Å². The molecule has 0 aromatic carbocycles. The second kappa shape index (κ2) is 7.27. The van der Waals surface area contributed by atoms with E-state index in [1.807, 2.05) is 0 Å². The average molecular weight is 127 g/mol. The van der Waals surface area contributed by atoms with E-state index in [0.29, 0.717) is 6.61 Å². The SMILES string of the molecule is CCOC(=O)NC.[H-].[Na+]. The van der Waals surface area contributed by atoms with Crippen LogP contribution in [0.1, 0.15) is 8.35 Å². The molecular weight excluding hydrogens is 117 g/mol. The Morgan fingerprint density at radius 3 is 2.50 bits per heavy atom. The van der Waals surface area contributed by atoms with E-state index in [1.54, 1.807) is 6.92 Å². The zero-order valence-corrected chi connectivity index (χ0v) is 7.52. The molecule has 0 unspecified atom stereocenters. The van der Waals surface area contributed by atoms with Gasteiger partial charge in [0, 0.05) is 7.05 Å². The van der Waals surface area contributed by atoms with Crippen molar-refractivity contribution in [1.29, 1.82) is 0 Å². The minimum Gasteiger partial charge on any atom is -1.00 e. The van der Waals surface area contributed by atoms with E-state index in [4.69, 9.17) is 0 Å². The quantitative estimate of drug-likeness (QED) is 0.395. The van der Waals surface area contributed by atoms with Crippen LogP contribution in [0, 0.1) is 0 Å². The van der Waals surface area contributed by atoms with Crippen LogP contribution in [0.2, 0.25) is 0 Å². The van der Waals surface area contributed by atoms with Crippen molar-refractivity contribution in [2.75, 3.05) is 13.7 Å². The molecule has 0 rings (SSSR count). The van der Waals surface area contributed by atoms with E-state index in [0.717, 1.165) is 0 Å². The third kappa shape index (κ3) is 6.27. The van der Waals surface area contributed by atoms with Crippen LogP contribution in [-0.2, 0) is 4.74 Å². The Morgan fingerprint density at radius 1 is 1.88 bits per heavy atom. The largest absolute Gasteiger partial charge is 1.00 e. The van der Waals surface area contributed by atoms with Gasteiger partial charge in [-0.05, 0) is 6.92 Å². The molecule has 0 spiro atoms. The first-order valence-electron chi connectivity index (χ1n) is 2.15. The molecule has 8 heavy (non-hydrogen) atoms. The molecule has 0 aliphatic heterocycles. The van der Waals surface area contributed by atoms with Crippen LogP contribution in [0.15, 0.2) is 0 Å². The van der Waals surface area contributed by atoms with Crippen LogP contribution >= 0.6 is 0 Å². The fourth-order valence-electron chi connectivity index (χ4n) is 0.203. The molecule has 0 radical (unpaired) electrons. The van der Waals surface area contributed by atoms with Gasteiger partial charge in [0.25, 0.3) is 0 Å². The Labute approximate surface area is 72.6 Å². The first-order chi connectivity index (χ1) is 3.31. The third-order valence-electron chi connectivity index (χ3n) is 0.480. The van der Waals surface area contributed by atoms with E-state index < -0.39 is 0 Å². The van der Waals surface area contributed by atoms with Crippen LogP contribution < -0.4 is 34.9 Å². The van der Waals surface area contributed by atoms with Gasteiger partial charge < -0.3 is 11.5 Å². The van der Waals surface area contributed by atoms with Gasteiger partial charge in [-0.15, -0.1) is 0 Å². The summed E-state index contributed by atoms with van der Waals surface area (Å²) in [7, 11) is 1.53. The minimum atomic E-state index is -0.373. The molecule has 4 heteroatoms. The smallest absolute Gasteiger partial charge is 1.00 e. The molecule has 0 aromatic rings. The van der Waals surface area contributed by atoms with Gasteiger partial charge in [0.05, 0.1) is 6.61 Å². The standard InChI is InChI=1S/C4H9NO2.Na.H/c1-3-7-4(6)5-2;;/h3H2,1-2H3,(H,5,6);;/q;+1;-1. The maximum Gasteiger partial charge on any atom is 1.00 e. The number of rotatable bonds is 1. The van der Waals surface area contributed by atoms with Crippen LogP contribution in [0.4, 0.5) is 4.79 Å². The number of carbonyl (C=O) groups is 1. The molecule has 0 atom stereocenters. The first-order valence-corrected chi connectivity index (χ1v) is 2.15. The first kappa shape index (κ1) is 11.1. The normalized spacial score (nSPS) is 6.75. The second-order valence-corrected chi connectivity index (χ2v) is 0.970. The minimum absolute atomic E-state index is 0. The maximum atomic E-state index is 10.1. The number of hydrogen-bond donors (Lipinski definition) is 1.